The zero-order chi connectivity index (χ0) is 24.8. The van der Waals surface area contributed by atoms with Gasteiger partial charge in [0.15, 0.2) is 5.69 Å². The number of rotatable bonds is 7. The molecule has 0 spiro atoms. The van der Waals surface area contributed by atoms with Gasteiger partial charge in [0.1, 0.15) is 0 Å². The second-order valence-corrected chi connectivity index (χ2v) is 16.7. The van der Waals surface area contributed by atoms with Gasteiger partial charge >= 0.3 is 0 Å². The molecule has 9 nitrogen and oxygen atoms in total. The Morgan fingerprint density at radius 3 is 2.03 bits per heavy atom. The standard InChI is InChI=1S/C17H32N4O3Si.C2H5ClO2S/c1-10-11-21(7)16-18-12(15(23)20(5)6)13(14(22)19-16)24-25(8,9)17(2,3)4;1-2-6(3,4)5/h10-11H2,1-9H3,(H,18,19,22);2H2,1H3. The Hall–Kier alpha value is -1.59. The molecule has 0 unspecified atom stereocenters. The number of amides is 1. The number of anilines is 1. The van der Waals surface area contributed by atoms with Crippen LogP contribution in [-0.2, 0) is 9.05 Å². The SMILES string of the molecule is CCCN(C)c1nc(C(=O)N(C)C)c(O[Si](C)(C)C(C)(C)C)c(=O)[nH]1.CCS(=O)(=O)Cl. The summed E-state index contributed by atoms with van der Waals surface area (Å²) in [7, 11) is 4.31. The highest BCUT2D eigenvalue weighted by Crippen LogP contribution is 2.37. The molecule has 180 valence electrons. The van der Waals surface area contributed by atoms with E-state index < -0.39 is 22.9 Å². The fraction of sp³-hybridized carbons (Fsp3) is 0.737. The topological polar surface area (TPSA) is 113 Å². The van der Waals surface area contributed by atoms with E-state index in [-0.39, 0.29) is 28.1 Å². The first-order valence-electron chi connectivity index (χ1n) is 10.1. The van der Waals surface area contributed by atoms with Crippen LogP contribution in [0.1, 0.15) is 51.5 Å². The van der Waals surface area contributed by atoms with Crippen molar-refractivity contribution in [3.8, 4) is 5.75 Å². The van der Waals surface area contributed by atoms with Gasteiger partial charge in [0.2, 0.25) is 20.7 Å². The van der Waals surface area contributed by atoms with Crippen LogP contribution in [0, 0.1) is 0 Å². The minimum Gasteiger partial charge on any atom is -0.538 e. The Morgan fingerprint density at radius 2 is 1.68 bits per heavy atom. The van der Waals surface area contributed by atoms with E-state index in [0.29, 0.717) is 5.95 Å². The Kier molecular flexibility index (Phi) is 10.7. The van der Waals surface area contributed by atoms with Gasteiger partial charge in [-0.2, -0.15) is 0 Å². The summed E-state index contributed by atoms with van der Waals surface area (Å²) < 4.78 is 25.7. The molecule has 1 N–H and O–H groups in total. The van der Waals surface area contributed by atoms with Crippen molar-refractivity contribution in [2.45, 2.75) is 59.2 Å². The second-order valence-electron chi connectivity index (χ2n) is 8.88. The summed E-state index contributed by atoms with van der Waals surface area (Å²) in [5.41, 5.74) is -0.348. The number of halogens is 1. The van der Waals surface area contributed by atoms with E-state index in [1.807, 2.05) is 32.0 Å². The fourth-order valence-corrected chi connectivity index (χ4v) is 2.94. The van der Waals surface area contributed by atoms with Gasteiger partial charge in [-0.05, 0) is 24.6 Å². The van der Waals surface area contributed by atoms with Crippen molar-refractivity contribution in [1.29, 1.82) is 0 Å². The summed E-state index contributed by atoms with van der Waals surface area (Å²) in [6.45, 7) is 14.6. The van der Waals surface area contributed by atoms with E-state index in [1.54, 1.807) is 14.1 Å². The summed E-state index contributed by atoms with van der Waals surface area (Å²) in [4.78, 5) is 35.7. The minimum absolute atomic E-state index is 0.00849. The number of hydrogen-bond donors (Lipinski definition) is 1. The van der Waals surface area contributed by atoms with Crippen molar-refractivity contribution in [3.63, 3.8) is 0 Å². The molecule has 0 aliphatic heterocycles. The maximum Gasteiger partial charge on any atom is 0.294 e. The van der Waals surface area contributed by atoms with E-state index >= 15 is 0 Å². The number of carbonyl (C=O) groups is 1. The Morgan fingerprint density at radius 1 is 1.19 bits per heavy atom. The lowest BCUT2D eigenvalue weighted by atomic mass is 10.2. The molecular weight excluding hydrogens is 460 g/mol. The maximum atomic E-state index is 12.7. The summed E-state index contributed by atoms with van der Waals surface area (Å²) in [5.74, 6) is 0.0682. The van der Waals surface area contributed by atoms with Crippen LogP contribution in [0.3, 0.4) is 0 Å². The lowest BCUT2D eigenvalue weighted by molar-refractivity contribution is 0.0819. The third-order valence-corrected chi connectivity index (χ3v) is 10.6. The van der Waals surface area contributed by atoms with Crippen LogP contribution in [0.2, 0.25) is 18.1 Å². The van der Waals surface area contributed by atoms with E-state index in [1.165, 1.54) is 11.8 Å². The van der Waals surface area contributed by atoms with Gasteiger partial charge in [0, 0.05) is 38.4 Å². The smallest absolute Gasteiger partial charge is 0.294 e. The normalized spacial score (nSPS) is 12.0. The first-order valence-corrected chi connectivity index (χ1v) is 15.4. The molecular formula is C19H37ClN4O5SSi. The Labute approximate surface area is 191 Å². The van der Waals surface area contributed by atoms with Gasteiger partial charge in [-0.25, -0.2) is 13.4 Å². The lowest BCUT2D eigenvalue weighted by Gasteiger charge is -2.36. The van der Waals surface area contributed by atoms with Crippen LogP contribution in [0.4, 0.5) is 5.95 Å². The minimum atomic E-state index is -3.19. The maximum absolute atomic E-state index is 12.7. The van der Waals surface area contributed by atoms with Crippen LogP contribution in [-0.4, -0.2) is 71.0 Å². The summed E-state index contributed by atoms with van der Waals surface area (Å²) >= 11 is 0. The molecule has 0 bridgehead atoms. The average molecular weight is 497 g/mol. The molecule has 0 radical (unpaired) electrons. The van der Waals surface area contributed by atoms with Crippen molar-refractivity contribution < 1.29 is 17.6 Å². The molecule has 0 saturated heterocycles. The summed E-state index contributed by atoms with van der Waals surface area (Å²) in [5, 5.41) is -0.102. The van der Waals surface area contributed by atoms with Gasteiger partial charge in [-0.1, -0.05) is 34.6 Å². The van der Waals surface area contributed by atoms with Crippen LogP contribution in [0.5, 0.6) is 5.75 Å². The molecule has 1 aromatic heterocycles. The van der Waals surface area contributed by atoms with E-state index in [0.717, 1.165) is 13.0 Å². The Balaban J connectivity index is 0.00000131. The molecule has 0 aromatic carbocycles. The largest absolute Gasteiger partial charge is 0.538 e. The predicted octanol–water partition coefficient (Wildman–Crippen LogP) is 3.28. The van der Waals surface area contributed by atoms with Crippen molar-refractivity contribution in [1.82, 2.24) is 14.9 Å². The number of carbonyl (C=O) groups excluding carboxylic acids is 1. The monoisotopic (exact) mass is 496 g/mol. The van der Waals surface area contributed by atoms with Crippen LogP contribution in [0.25, 0.3) is 0 Å². The van der Waals surface area contributed by atoms with E-state index in [9.17, 15) is 18.0 Å². The zero-order valence-corrected chi connectivity index (χ0v) is 22.9. The summed E-state index contributed by atoms with van der Waals surface area (Å²) in [6.07, 6.45) is 0.902. The average Bonchev–Trinajstić information content (AvgIpc) is 2.61. The van der Waals surface area contributed by atoms with Crippen LogP contribution >= 0.6 is 10.7 Å². The van der Waals surface area contributed by atoms with E-state index in [2.05, 4.69) is 41.4 Å². The van der Waals surface area contributed by atoms with Crippen molar-refractivity contribution in [2.75, 3.05) is 38.3 Å². The number of aromatic nitrogens is 2. The number of nitrogens with one attached hydrogen (secondary N) is 1. The first-order chi connectivity index (χ1) is 13.9. The van der Waals surface area contributed by atoms with Crippen LogP contribution in [0.15, 0.2) is 4.79 Å². The number of H-pyrrole nitrogens is 1. The fourth-order valence-electron chi connectivity index (χ4n) is 1.93. The third kappa shape index (κ3) is 9.20. The van der Waals surface area contributed by atoms with Gasteiger partial charge in [-0.3, -0.25) is 14.6 Å². The molecule has 12 heteroatoms. The molecule has 1 aromatic rings. The molecule has 1 amide bonds. The number of aromatic amines is 1. The summed E-state index contributed by atoms with van der Waals surface area (Å²) in [6, 6.07) is 0. The van der Waals surface area contributed by atoms with Crippen molar-refractivity contribution >= 4 is 39.9 Å². The quantitative estimate of drug-likeness (QED) is 0.455. The number of nitrogens with zero attached hydrogens (tertiary/aromatic N) is 3. The number of hydrogen-bond acceptors (Lipinski definition) is 7. The van der Waals surface area contributed by atoms with Gasteiger partial charge < -0.3 is 14.2 Å². The highest BCUT2D eigenvalue weighted by Gasteiger charge is 2.41. The molecule has 0 saturated carbocycles. The molecule has 0 aliphatic rings. The third-order valence-electron chi connectivity index (χ3n) is 4.90. The van der Waals surface area contributed by atoms with Crippen LogP contribution < -0.4 is 14.9 Å². The first kappa shape index (κ1) is 29.4. The van der Waals surface area contributed by atoms with Gasteiger partial charge in [0.05, 0.1) is 5.75 Å². The molecule has 1 heterocycles. The Bertz CT molecular complexity index is 911. The van der Waals surface area contributed by atoms with E-state index in [4.69, 9.17) is 4.43 Å². The molecule has 0 atom stereocenters. The van der Waals surface area contributed by atoms with Gasteiger partial charge in [0.25, 0.3) is 19.8 Å². The van der Waals surface area contributed by atoms with Crippen molar-refractivity contribution in [2.24, 2.45) is 0 Å². The highest BCUT2D eigenvalue weighted by atomic mass is 35.7. The molecule has 0 fully saturated rings. The molecule has 0 aliphatic carbocycles. The lowest BCUT2D eigenvalue weighted by Crippen LogP contribution is -2.46. The second kappa shape index (κ2) is 11.3. The van der Waals surface area contributed by atoms with Crippen molar-refractivity contribution in [3.05, 3.63) is 16.0 Å². The zero-order valence-electron chi connectivity index (χ0n) is 20.3. The molecule has 31 heavy (non-hydrogen) atoms. The van der Waals surface area contributed by atoms with Gasteiger partial charge in [-0.15, -0.1) is 0 Å². The molecule has 1 rings (SSSR count). The predicted molar refractivity (Wildman–Crippen MR) is 130 cm³/mol. The highest BCUT2D eigenvalue weighted by molar-refractivity contribution is 8.13.